The summed E-state index contributed by atoms with van der Waals surface area (Å²) < 4.78 is 11.7. The van der Waals surface area contributed by atoms with Crippen LogP contribution in [0.4, 0.5) is 17.1 Å². The summed E-state index contributed by atoms with van der Waals surface area (Å²) in [4.78, 5) is 17.5. The minimum absolute atomic E-state index is 0.0798. The van der Waals surface area contributed by atoms with Gasteiger partial charge in [0.25, 0.3) is 6.02 Å². The average Bonchev–Trinajstić information content (AvgIpc) is 3.49. The fourth-order valence-corrected chi connectivity index (χ4v) is 4.29. The van der Waals surface area contributed by atoms with Gasteiger partial charge >= 0.3 is 0 Å². The molecule has 3 heterocycles. The van der Waals surface area contributed by atoms with E-state index in [1.165, 1.54) is 0 Å². The Morgan fingerprint density at radius 2 is 2.08 bits per heavy atom. The molecule has 0 radical (unpaired) electrons. The van der Waals surface area contributed by atoms with E-state index in [2.05, 4.69) is 42.6 Å². The van der Waals surface area contributed by atoms with E-state index in [-0.39, 0.29) is 12.1 Å². The van der Waals surface area contributed by atoms with Crippen molar-refractivity contribution in [3.8, 4) is 5.75 Å². The number of rotatable bonds is 7. The number of aliphatic imine (C=N–C) groups is 3. The number of ether oxygens (including phenoxy) is 2. The molecule has 2 aromatic carbocycles. The third kappa shape index (κ3) is 5.32. The van der Waals surface area contributed by atoms with Crippen LogP contribution in [0.3, 0.4) is 0 Å². The zero-order chi connectivity index (χ0) is 24.9. The Balaban J connectivity index is 1.30. The molecule has 0 amide bonds. The largest absolute Gasteiger partial charge is 0.486 e. The van der Waals surface area contributed by atoms with Crippen LogP contribution in [0.15, 0.2) is 75.8 Å². The van der Waals surface area contributed by atoms with E-state index in [4.69, 9.17) is 21.1 Å². The molecule has 10 heteroatoms. The highest BCUT2D eigenvalue weighted by Crippen LogP contribution is 2.30. The lowest BCUT2D eigenvalue weighted by Gasteiger charge is -2.15. The fraction of sp³-hybridized carbons (Fsp3) is 0.231. The van der Waals surface area contributed by atoms with E-state index in [0.717, 1.165) is 35.7 Å². The van der Waals surface area contributed by atoms with Gasteiger partial charge in [-0.3, -0.25) is 15.0 Å². The summed E-state index contributed by atoms with van der Waals surface area (Å²) in [6, 6.07) is 17.5. The van der Waals surface area contributed by atoms with Gasteiger partial charge < -0.3 is 25.4 Å². The summed E-state index contributed by atoms with van der Waals surface area (Å²) in [5, 5.41) is 10.3. The number of hydrogen-bond donors (Lipinski definition) is 3. The third-order valence-electron chi connectivity index (χ3n) is 5.87. The second-order valence-corrected chi connectivity index (χ2v) is 8.69. The van der Waals surface area contributed by atoms with Crippen LogP contribution in [-0.2, 0) is 11.3 Å². The zero-order valence-electron chi connectivity index (χ0n) is 19.7. The molecule has 0 saturated carbocycles. The Bertz CT molecular complexity index is 1310. The van der Waals surface area contributed by atoms with E-state index >= 15 is 0 Å². The number of amidine groups is 2. The highest BCUT2D eigenvalue weighted by Gasteiger charge is 2.35. The molecule has 9 nitrogen and oxygen atoms in total. The van der Waals surface area contributed by atoms with Gasteiger partial charge in [-0.2, -0.15) is 0 Å². The molecule has 184 valence electrons. The summed E-state index contributed by atoms with van der Waals surface area (Å²) in [7, 11) is 1.71. The van der Waals surface area contributed by atoms with Crippen LogP contribution < -0.4 is 20.7 Å². The summed E-state index contributed by atoms with van der Waals surface area (Å²) in [6.07, 6.45) is 1.81. The van der Waals surface area contributed by atoms with Gasteiger partial charge in [0, 0.05) is 43.3 Å². The molecule has 3 aromatic rings. The van der Waals surface area contributed by atoms with Crippen molar-refractivity contribution < 1.29 is 9.47 Å². The molecule has 2 aliphatic heterocycles. The van der Waals surface area contributed by atoms with Gasteiger partial charge in [-0.25, -0.2) is 4.99 Å². The Hall–Kier alpha value is -3.95. The highest BCUT2D eigenvalue weighted by molar-refractivity contribution is 6.32. The van der Waals surface area contributed by atoms with Gasteiger partial charge in [0.15, 0.2) is 0 Å². The predicted octanol–water partition coefficient (Wildman–Crippen LogP) is 4.27. The lowest BCUT2D eigenvalue weighted by atomic mass is 10.1. The molecule has 1 saturated heterocycles. The maximum atomic E-state index is 6.49. The maximum absolute atomic E-state index is 6.49. The molecular weight excluding hydrogens is 478 g/mol. The Morgan fingerprint density at radius 1 is 1.19 bits per heavy atom. The Morgan fingerprint density at radius 3 is 2.83 bits per heavy atom. The van der Waals surface area contributed by atoms with Crippen molar-refractivity contribution in [1.29, 1.82) is 0 Å². The van der Waals surface area contributed by atoms with Crippen molar-refractivity contribution in [2.75, 3.05) is 30.8 Å². The second kappa shape index (κ2) is 10.8. The van der Waals surface area contributed by atoms with E-state index in [0.29, 0.717) is 34.9 Å². The van der Waals surface area contributed by atoms with Gasteiger partial charge in [0.1, 0.15) is 30.3 Å². The fourth-order valence-electron chi connectivity index (χ4n) is 4.05. The van der Waals surface area contributed by atoms with Crippen molar-refractivity contribution in [3.63, 3.8) is 0 Å². The first-order valence-corrected chi connectivity index (χ1v) is 11.9. The van der Waals surface area contributed by atoms with Crippen LogP contribution in [0.2, 0.25) is 5.02 Å². The molecule has 1 aromatic heterocycles. The van der Waals surface area contributed by atoms with Crippen molar-refractivity contribution in [2.45, 2.75) is 18.8 Å². The number of benzene rings is 2. The number of anilines is 2. The van der Waals surface area contributed by atoms with Gasteiger partial charge in [-0.05, 0) is 55.2 Å². The molecular formula is C26H26ClN7O2. The minimum Gasteiger partial charge on any atom is -0.486 e. The van der Waals surface area contributed by atoms with Crippen LogP contribution in [0.25, 0.3) is 0 Å². The van der Waals surface area contributed by atoms with Crippen LogP contribution in [-0.4, -0.2) is 55.8 Å². The first-order valence-electron chi connectivity index (χ1n) is 11.5. The van der Waals surface area contributed by atoms with Gasteiger partial charge in [-0.1, -0.05) is 17.7 Å². The van der Waals surface area contributed by atoms with Gasteiger partial charge in [0.2, 0.25) is 0 Å². The molecule has 3 N–H and O–H groups in total. The molecule has 0 aliphatic carbocycles. The zero-order valence-corrected chi connectivity index (χ0v) is 20.5. The van der Waals surface area contributed by atoms with E-state index in [1.807, 2.05) is 48.5 Å². The smallest absolute Gasteiger partial charge is 0.290 e. The number of pyridine rings is 1. The van der Waals surface area contributed by atoms with Gasteiger partial charge in [-0.15, -0.1) is 0 Å². The van der Waals surface area contributed by atoms with Crippen LogP contribution >= 0.6 is 11.6 Å². The lowest BCUT2D eigenvalue weighted by Crippen LogP contribution is -2.23. The van der Waals surface area contributed by atoms with Crippen molar-refractivity contribution in [3.05, 3.63) is 77.1 Å². The molecule has 1 fully saturated rings. The standard InChI is InChI=1S/C26H26ClN7O2/c1-28-21-8-6-16(33-26-34-22-13-30-14-24(22)36-26)11-19(21)25(29-2)32-17-7-9-23(20(27)12-17)35-15-18-5-3-4-10-31-18/h3-12,22,24,30H,1,13-15H2,2H3,(H,29,32)(H,33,34). The number of nitrogens with one attached hydrogen (secondary N) is 3. The van der Waals surface area contributed by atoms with Crippen LogP contribution in [0.5, 0.6) is 5.75 Å². The first-order chi connectivity index (χ1) is 17.6. The summed E-state index contributed by atoms with van der Waals surface area (Å²) in [5.74, 6) is 1.18. The maximum Gasteiger partial charge on any atom is 0.290 e. The molecule has 0 spiro atoms. The number of hydrogen-bond acceptors (Lipinski definition) is 8. The predicted molar refractivity (Wildman–Crippen MR) is 144 cm³/mol. The monoisotopic (exact) mass is 503 g/mol. The minimum atomic E-state index is 0.0798. The Labute approximate surface area is 214 Å². The summed E-state index contributed by atoms with van der Waals surface area (Å²) in [6.45, 7) is 5.66. The van der Waals surface area contributed by atoms with E-state index in [9.17, 15) is 0 Å². The molecule has 2 aliphatic rings. The molecule has 36 heavy (non-hydrogen) atoms. The number of fused-ring (bicyclic) bond motifs is 1. The number of nitrogens with zero attached hydrogens (tertiary/aromatic N) is 4. The molecule has 5 rings (SSSR count). The molecule has 0 bridgehead atoms. The Kier molecular flexibility index (Phi) is 7.11. The van der Waals surface area contributed by atoms with Crippen molar-refractivity contribution in [1.82, 2.24) is 10.3 Å². The number of aromatic nitrogens is 1. The van der Waals surface area contributed by atoms with Crippen LogP contribution in [0.1, 0.15) is 11.3 Å². The second-order valence-electron chi connectivity index (χ2n) is 8.28. The third-order valence-corrected chi connectivity index (χ3v) is 6.16. The topological polar surface area (TPSA) is 105 Å². The normalized spacial score (nSPS) is 18.7. The average molecular weight is 504 g/mol. The van der Waals surface area contributed by atoms with E-state index in [1.54, 1.807) is 19.3 Å². The molecule has 2 atom stereocenters. The summed E-state index contributed by atoms with van der Waals surface area (Å²) >= 11 is 6.49. The van der Waals surface area contributed by atoms with Crippen molar-refractivity contribution >= 4 is 47.2 Å². The SMILES string of the molecule is C=Nc1ccc(NC2=NC3CNCC3O2)cc1/C(=N\C)Nc1ccc(OCc2ccccn2)c(Cl)c1. The summed E-state index contributed by atoms with van der Waals surface area (Å²) in [5.41, 5.74) is 3.84. The highest BCUT2D eigenvalue weighted by atomic mass is 35.5. The quantitative estimate of drug-likeness (QED) is 0.328. The van der Waals surface area contributed by atoms with Crippen LogP contribution in [0, 0.1) is 0 Å². The first kappa shape index (κ1) is 23.8. The van der Waals surface area contributed by atoms with Crippen molar-refractivity contribution in [2.24, 2.45) is 15.0 Å². The van der Waals surface area contributed by atoms with Gasteiger partial charge in [0.05, 0.1) is 16.4 Å². The lowest BCUT2D eigenvalue weighted by molar-refractivity contribution is 0.224. The molecule has 2 unspecified atom stereocenters. The number of halogens is 1. The van der Waals surface area contributed by atoms with E-state index < -0.39 is 0 Å².